The number of amides is 1. The number of carbonyl (C=O) groups excluding carboxylic acids is 1. The van der Waals surface area contributed by atoms with Crippen molar-refractivity contribution in [2.75, 3.05) is 13.1 Å². The number of benzene rings is 1. The van der Waals surface area contributed by atoms with Crippen LogP contribution in [0.1, 0.15) is 23.2 Å². The van der Waals surface area contributed by atoms with Gasteiger partial charge in [-0.25, -0.2) is 8.78 Å². The molecule has 0 spiro atoms. The lowest BCUT2D eigenvalue weighted by Crippen LogP contribution is -2.42. The number of rotatable bonds is 2. The van der Waals surface area contributed by atoms with E-state index in [-0.39, 0.29) is 22.3 Å². The second-order valence-electron chi connectivity index (χ2n) is 4.84. The number of nitrogens with two attached hydrogens (primary N) is 1. The van der Waals surface area contributed by atoms with E-state index < -0.39 is 17.5 Å². The molecule has 1 fully saturated rings. The zero-order valence-corrected chi connectivity index (χ0v) is 11.8. The molecule has 1 aromatic carbocycles. The van der Waals surface area contributed by atoms with Gasteiger partial charge in [0.2, 0.25) is 0 Å². The molecule has 1 amide bonds. The van der Waals surface area contributed by atoms with Crippen LogP contribution in [0.2, 0.25) is 5.02 Å². The molecule has 0 saturated carbocycles. The van der Waals surface area contributed by atoms with E-state index in [2.05, 4.69) is 5.16 Å². The molecule has 0 aromatic heterocycles. The monoisotopic (exact) mass is 317 g/mol. The summed E-state index contributed by atoms with van der Waals surface area (Å²) in [5.74, 6) is -2.30. The first-order valence-corrected chi connectivity index (χ1v) is 6.73. The predicted molar refractivity (Wildman–Crippen MR) is 73.4 cm³/mol. The molecule has 1 aliphatic rings. The van der Waals surface area contributed by atoms with Gasteiger partial charge in [-0.05, 0) is 25.0 Å². The van der Waals surface area contributed by atoms with Gasteiger partial charge in [-0.3, -0.25) is 4.79 Å². The van der Waals surface area contributed by atoms with Crippen LogP contribution in [-0.2, 0) is 0 Å². The van der Waals surface area contributed by atoms with Gasteiger partial charge in [0.1, 0.15) is 17.5 Å². The van der Waals surface area contributed by atoms with Crippen molar-refractivity contribution in [3.8, 4) is 0 Å². The fourth-order valence-electron chi connectivity index (χ4n) is 2.32. The average Bonchev–Trinajstić information content (AvgIpc) is 2.49. The topological polar surface area (TPSA) is 78.9 Å². The minimum Gasteiger partial charge on any atom is -0.409 e. The Morgan fingerprint density at radius 3 is 2.52 bits per heavy atom. The van der Waals surface area contributed by atoms with Crippen molar-refractivity contribution in [3.63, 3.8) is 0 Å². The normalized spacial score (nSPS) is 17.1. The standard InChI is InChI=1S/C13H14ClF2N3O2/c14-9-6-10(15)8(5-11(9)16)13(20)19-3-1-7(2-4-19)12(17)18-21/h5-7,21H,1-4H2,(H2,17,18). The lowest BCUT2D eigenvalue weighted by molar-refractivity contribution is 0.0703. The second kappa shape index (κ2) is 6.26. The molecule has 114 valence electrons. The largest absolute Gasteiger partial charge is 0.409 e. The van der Waals surface area contributed by atoms with Gasteiger partial charge in [-0.1, -0.05) is 16.8 Å². The smallest absolute Gasteiger partial charge is 0.256 e. The Hall–Kier alpha value is -1.89. The summed E-state index contributed by atoms with van der Waals surface area (Å²) in [5, 5.41) is 11.2. The maximum Gasteiger partial charge on any atom is 0.256 e. The van der Waals surface area contributed by atoms with Crippen molar-refractivity contribution in [1.29, 1.82) is 0 Å². The van der Waals surface area contributed by atoms with Crippen molar-refractivity contribution < 1.29 is 18.8 Å². The summed E-state index contributed by atoms with van der Waals surface area (Å²) in [5.41, 5.74) is 5.17. The van der Waals surface area contributed by atoms with Crippen LogP contribution in [-0.4, -0.2) is 34.9 Å². The number of piperidine rings is 1. The zero-order valence-electron chi connectivity index (χ0n) is 11.0. The Balaban J connectivity index is 2.11. The minimum absolute atomic E-state index is 0.116. The lowest BCUT2D eigenvalue weighted by Gasteiger charge is -2.31. The Labute approximate surface area is 125 Å². The van der Waals surface area contributed by atoms with E-state index >= 15 is 0 Å². The minimum atomic E-state index is -0.857. The molecule has 1 aliphatic heterocycles. The number of likely N-dealkylation sites (tertiary alicyclic amines) is 1. The Morgan fingerprint density at radius 2 is 1.95 bits per heavy atom. The average molecular weight is 318 g/mol. The molecule has 8 heteroatoms. The third-order valence-electron chi connectivity index (χ3n) is 3.56. The van der Waals surface area contributed by atoms with Crippen molar-refractivity contribution in [3.05, 3.63) is 34.4 Å². The molecular weight excluding hydrogens is 304 g/mol. The van der Waals surface area contributed by atoms with Crippen LogP contribution in [0.25, 0.3) is 0 Å². The Bertz CT molecular complexity index is 587. The van der Waals surface area contributed by atoms with Crippen LogP contribution in [0.3, 0.4) is 0 Å². The number of nitrogens with zero attached hydrogens (tertiary/aromatic N) is 2. The predicted octanol–water partition coefficient (Wildman–Crippen LogP) is 2.22. The Kier molecular flexibility index (Phi) is 4.62. The molecule has 0 bridgehead atoms. The fraction of sp³-hybridized carbons (Fsp3) is 0.385. The fourth-order valence-corrected chi connectivity index (χ4v) is 2.47. The maximum absolute atomic E-state index is 13.7. The van der Waals surface area contributed by atoms with Crippen molar-refractivity contribution >= 4 is 23.3 Å². The van der Waals surface area contributed by atoms with E-state index in [1.807, 2.05) is 0 Å². The van der Waals surface area contributed by atoms with Crippen LogP contribution >= 0.6 is 11.6 Å². The number of halogens is 3. The summed E-state index contributed by atoms with van der Waals surface area (Å²) in [7, 11) is 0. The number of hydrogen-bond donors (Lipinski definition) is 2. The van der Waals surface area contributed by atoms with Crippen molar-refractivity contribution in [1.82, 2.24) is 4.90 Å². The highest BCUT2D eigenvalue weighted by atomic mass is 35.5. The molecule has 21 heavy (non-hydrogen) atoms. The highest BCUT2D eigenvalue weighted by molar-refractivity contribution is 6.30. The molecule has 0 radical (unpaired) electrons. The lowest BCUT2D eigenvalue weighted by atomic mass is 9.95. The van der Waals surface area contributed by atoms with E-state index in [1.54, 1.807) is 0 Å². The van der Waals surface area contributed by atoms with Crippen molar-refractivity contribution in [2.24, 2.45) is 16.8 Å². The van der Waals surface area contributed by atoms with Gasteiger partial charge in [0.15, 0.2) is 0 Å². The first kappa shape index (κ1) is 15.5. The molecule has 1 saturated heterocycles. The van der Waals surface area contributed by atoms with Crippen LogP contribution in [0.4, 0.5) is 8.78 Å². The summed E-state index contributed by atoms with van der Waals surface area (Å²) in [4.78, 5) is 13.6. The zero-order chi connectivity index (χ0) is 15.6. The number of hydrogen-bond acceptors (Lipinski definition) is 3. The van der Waals surface area contributed by atoms with E-state index in [9.17, 15) is 13.6 Å². The van der Waals surface area contributed by atoms with E-state index in [4.69, 9.17) is 22.5 Å². The molecule has 1 aromatic rings. The number of carbonyl (C=O) groups is 1. The summed E-state index contributed by atoms with van der Waals surface area (Å²) >= 11 is 5.46. The molecule has 2 rings (SSSR count). The summed E-state index contributed by atoms with van der Waals surface area (Å²) in [6, 6.07) is 1.59. The van der Waals surface area contributed by atoms with Gasteiger partial charge in [0.25, 0.3) is 5.91 Å². The summed E-state index contributed by atoms with van der Waals surface area (Å²) in [6.45, 7) is 0.646. The van der Waals surface area contributed by atoms with Crippen LogP contribution in [0.5, 0.6) is 0 Å². The van der Waals surface area contributed by atoms with Gasteiger partial charge in [-0.2, -0.15) is 0 Å². The van der Waals surface area contributed by atoms with E-state index in [0.29, 0.717) is 25.9 Å². The summed E-state index contributed by atoms with van der Waals surface area (Å²) < 4.78 is 27.1. The quantitative estimate of drug-likeness (QED) is 0.288. The summed E-state index contributed by atoms with van der Waals surface area (Å²) in [6.07, 6.45) is 0.999. The first-order chi connectivity index (χ1) is 9.93. The van der Waals surface area contributed by atoms with E-state index in [1.165, 1.54) is 4.90 Å². The molecule has 0 aliphatic carbocycles. The number of oxime groups is 1. The number of amidine groups is 1. The van der Waals surface area contributed by atoms with Gasteiger partial charge >= 0.3 is 0 Å². The first-order valence-electron chi connectivity index (χ1n) is 6.35. The molecule has 1 heterocycles. The van der Waals surface area contributed by atoms with Crippen molar-refractivity contribution in [2.45, 2.75) is 12.8 Å². The molecule has 0 unspecified atom stereocenters. The Morgan fingerprint density at radius 1 is 1.33 bits per heavy atom. The van der Waals surface area contributed by atoms with Gasteiger partial charge in [0.05, 0.1) is 10.6 Å². The molecular formula is C13H14ClF2N3O2. The third-order valence-corrected chi connectivity index (χ3v) is 3.85. The van der Waals surface area contributed by atoms with Gasteiger partial charge in [0, 0.05) is 19.0 Å². The third kappa shape index (κ3) is 3.24. The van der Waals surface area contributed by atoms with Gasteiger partial charge < -0.3 is 15.8 Å². The van der Waals surface area contributed by atoms with E-state index in [0.717, 1.165) is 12.1 Å². The SMILES string of the molecule is N/C(=N/O)C1CCN(C(=O)c2cc(F)c(Cl)cc2F)CC1. The molecule has 3 N–H and O–H groups in total. The molecule has 0 atom stereocenters. The molecule has 5 nitrogen and oxygen atoms in total. The van der Waals surface area contributed by atoms with Crippen LogP contribution < -0.4 is 5.73 Å². The maximum atomic E-state index is 13.7. The highest BCUT2D eigenvalue weighted by Crippen LogP contribution is 2.23. The van der Waals surface area contributed by atoms with Crippen LogP contribution in [0.15, 0.2) is 17.3 Å². The van der Waals surface area contributed by atoms with Crippen LogP contribution in [0, 0.1) is 17.6 Å². The second-order valence-corrected chi connectivity index (χ2v) is 5.24. The highest BCUT2D eigenvalue weighted by Gasteiger charge is 2.27. The van der Waals surface area contributed by atoms with Gasteiger partial charge in [-0.15, -0.1) is 0 Å².